The van der Waals surface area contributed by atoms with Gasteiger partial charge in [-0.1, -0.05) is 48.5 Å². The minimum Gasteiger partial charge on any atom is -0.402 e. The molecule has 7 heteroatoms. The zero-order valence-electron chi connectivity index (χ0n) is 18.3. The molecule has 0 radical (unpaired) electrons. The molecule has 7 nitrogen and oxygen atoms in total. The Hall–Kier alpha value is -4.13. The monoisotopic (exact) mass is 437 g/mol. The van der Waals surface area contributed by atoms with Crippen LogP contribution in [-0.4, -0.2) is 52.5 Å². The molecule has 4 aromatic rings. The fourth-order valence-corrected chi connectivity index (χ4v) is 4.57. The molecule has 2 aliphatic heterocycles. The van der Waals surface area contributed by atoms with Gasteiger partial charge in [-0.3, -0.25) is 0 Å². The van der Waals surface area contributed by atoms with Crippen LogP contribution in [0.2, 0.25) is 0 Å². The first kappa shape index (κ1) is 19.5. The average Bonchev–Trinajstić information content (AvgIpc) is 3.39. The number of fused-ring (bicyclic) bond motifs is 2. The van der Waals surface area contributed by atoms with Gasteiger partial charge < -0.3 is 19.1 Å². The predicted octanol–water partition coefficient (Wildman–Crippen LogP) is 3.69. The van der Waals surface area contributed by atoms with Crippen molar-refractivity contribution in [1.82, 2.24) is 14.5 Å². The minimum absolute atomic E-state index is 0.342. The Morgan fingerprint density at radius 3 is 2.52 bits per heavy atom. The molecule has 0 aliphatic carbocycles. The zero-order valence-corrected chi connectivity index (χ0v) is 18.3. The average molecular weight is 438 g/mol. The van der Waals surface area contributed by atoms with E-state index in [2.05, 4.69) is 32.5 Å². The number of rotatable bonds is 3. The van der Waals surface area contributed by atoms with Crippen LogP contribution in [0.4, 0.5) is 5.95 Å². The van der Waals surface area contributed by atoms with Gasteiger partial charge in [0.1, 0.15) is 0 Å². The molecule has 164 valence electrons. The van der Waals surface area contributed by atoms with Gasteiger partial charge in [-0.25, -0.2) is 14.8 Å². The molecule has 0 unspecified atom stereocenters. The zero-order chi connectivity index (χ0) is 22.4. The third-order valence-electron chi connectivity index (χ3n) is 6.31. The lowest BCUT2D eigenvalue weighted by Gasteiger charge is -2.34. The molecule has 0 N–H and O–H groups in total. The first-order chi connectivity index (χ1) is 16.2. The van der Waals surface area contributed by atoms with E-state index in [1.165, 1.54) is 0 Å². The van der Waals surface area contributed by atoms with Crippen LogP contribution in [-0.2, 0) is 16.6 Å². The largest absolute Gasteiger partial charge is 0.402 e. The molecule has 1 aromatic heterocycles. The minimum atomic E-state index is -0.407. The van der Waals surface area contributed by atoms with Crippen LogP contribution in [0.3, 0.4) is 0 Å². The topological polar surface area (TPSA) is 63.0 Å². The summed E-state index contributed by atoms with van der Waals surface area (Å²) in [6, 6.07) is 22.1. The van der Waals surface area contributed by atoms with Crippen molar-refractivity contribution in [3.05, 3.63) is 84.2 Å². The Morgan fingerprint density at radius 2 is 1.67 bits per heavy atom. The summed E-state index contributed by atoms with van der Waals surface area (Å²) in [4.78, 5) is 26.3. The fraction of sp³-hybridized carbons (Fsp3) is 0.192. The summed E-state index contributed by atoms with van der Waals surface area (Å²) in [5.41, 5.74) is 3.30. The van der Waals surface area contributed by atoms with Crippen LogP contribution in [0.15, 0.2) is 83.6 Å². The van der Waals surface area contributed by atoms with E-state index in [9.17, 15) is 4.79 Å². The molecule has 0 bridgehead atoms. The highest BCUT2D eigenvalue weighted by atomic mass is 16.6. The van der Waals surface area contributed by atoms with Crippen molar-refractivity contribution in [1.29, 1.82) is 0 Å². The van der Waals surface area contributed by atoms with Crippen LogP contribution in [0, 0.1) is 0 Å². The Balaban J connectivity index is 1.21. The standard InChI is InChI=1S/C26H23N5O2/c1-29-23-12-5-4-11-21(23)28-26(29)31-15-13-30(14-16-31)17-22-25(32)33-24(27-22)20-10-6-8-18-7-2-3-9-19(18)20/h2-12,17H,13-16H2,1H3/b22-17+. The second-order valence-electron chi connectivity index (χ2n) is 8.33. The summed E-state index contributed by atoms with van der Waals surface area (Å²) < 4.78 is 7.68. The number of aromatic nitrogens is 2. The quantitative estimate of drug-likeness (QED) is 0.361. The van der Waals surface area contributed by atoms with Crippen molar-refractivity contribution in [2.45, 2.75) is 0 Å². The molecular formula is C26H23N5O2. The SMILES string of the molecule is Cn1c(N2CCN(/C=C3/N=C(c4cccc5ccccc45)OC3=O)CC2)nc2ccccc21. The number of hydrogen-bond acceptors (Lipinski definition) is 6. The van der Waals surface area contributed by atoms with Crippen LogP contribution >= 0.6 is 0 Å². The Bertz CT molecular complexity index is 1440. The number of carbonyl (C=O) groups excluding carboxylic acids is 1. The van der Waals surface area contributed by atoms with Gasteiger partial charge in [0.05, 0.1) is 11.0 Å². The molecule has 3 heterocycles. The van der Waals surface area contributed by atoms with Crippen LogP contribution in [0.25, 0.3) is 21.8 Å². The van der Waals surface area contributed by atoms with Crippen molar-refractivity contribution < 1.29 is 9.53 Å². The third-order valence-corrected chi connectivity index (χ3v) is 6.31. The molecule has 2 aliphatic rings. The number of benzene rings is 3. The Morgan fingerprint density at radius 1 is 0.909 bits per heavy atom. The molecule has 3 aromatic carbocycles. The van der Waals surface area contributed by atoms with Crippen LogP contribution in [0.1, 0.15) is 5.56 Å². The van der Waals surface area contributed by atoms with E-state index >= 15 is 0 Å². The highest BCUT2D eigenvalue weighted by Crippen LogP contribution is 2.25. The molecule has 1 saturated heterocycles. The second-order valence-corrected chi connectivity index (χ2v) is 8.33. The Kier molecular flexibility index (Phi) is 4.61. The number of imidazole rings is 1. The molecule has 0 amide bonds. The summed E-state index contributed by atoms with van der Waals surface area (Å²) >= 11 is 0. The summed E-state index contributed by atoms with van der Waals surface area (Å²) in [6.45, 7) is 3.18. The molecule has 33 heavy (non-hydrogen) atoms. The molecular weight excluding hydrogens is 414 g/mol. The maximum Gasteiger partial charge on any atom is 0.365 e. The number of aliphatic imine (C=N–C) groups is 1. The lowest BCUT2D eigenvalue weighted by molar-refractivity contribution is -0.130. The van der Waals surface area contributed by atoms with E-state index in [0.717, 1.165) is 59.5 Å². The van der Waals surface area contributed by atoms with Crippen molar-refractivity contribution in [2.24, 2.45) is 12.0 Å². The van der Waals surface area contributed by atoms with Gasteiger partial charge in [0.2, 0.25) is 11.8 Å². The predicted molar refractivity (Wildman–Crippen MR) is 129 cm³/mol. The molecule has 6 rings (SSSR count). The Labute approximate surface area is 191 Å². The van der Waals surface area contributed by atoms with Gasteiger partial charge in [-0.2, -0.15) is 0 Å². The van der Waals surface area contributed by atoms with E-state index in [-0.39, 0.29) is 0 Å². The van der Waals surface area contributed by atoms with E-state index in [0.29, 0.717) is 11.6 Å². The van der Waals surface area contributed by atoms with Gasteiger partial charge >= 0.3 is 5.97 Å². The molecule has 0 spiro atoms. The number of ether oxygens (including phenoxy) is 1. The number of para-hydroxylation sites is 2. The number of hydrogen-bond donors (Lipinski definition) is 0. The number of cyclic esters (lactones) is 1. The number of nitrogens with zero attached hydrogens (tertiary/aromatic N) is 5. The van der Waals surface area contributed by atoms with E-state index < -0.39 is 5.97 Å². The number of carbonyl (C=O) groups is 1. The van der Waals surface area contributed by atoms with Gasteiger partial charge in [0.25, 0.3) is 0 Å². The number of anilines is 1. The highest BCUT2D eigenvalue weighted by Gasteiger charge is 2.27. The molecule has 0 saturated carbocycles. The lowest BCUT2D eigenvalue weighted by Crippen LogP contribution is -2.45. The van der Waals surface area contributed by atoms with E-state index in [1.807, 2.05) is 66.9 Å². The molecule has 1 fully saturated rings. The smallest absolute Gasteiger partial charge is 0.365 e. The maximum atomic E-state index is 12.5. The van der Waals surface area contributed by atoms with Crippen molar-refractivity contribution in [3.8, 4) is 0 Å². The third kappa shape index (κ3) is 3.42. The van der Waals surface area contributed by atoms with Crippen molar-refractivity contribution >= 4 is 39.6 Å². The van der Waals surface area contributed by atoms with Crippen molar-refractivity contribution in [2.75, 3.05) is 31.1 Å². The van der Waals surface area contributed by atoms with E-state index in [1.54, 1.807) is 0 Å². The van der Waals surface area contributed by atoms with Crippen molar-refractivity contribution in [3.63, 3.8) is 0 Å². The number of esters is 1. The molecule has 0 atom stereocenters. The van der Waals surface area contributed by atoms with Gasteiger partial charge in [-0.05, 0) is 29.0 Å². The van der Waals surface area contributed by atoms with Gasteiger partial charge in [0, 0.05) is 45.0 Å². The van der Waals surface area contributed by atoms with Crippen LogP contribution < -0.4 is 4.90 Å². The van der Waals surface area contributed by atoms with Crippen LogP contribution in [0.5, 0.6) is 0 Å². The summed E-state index contributed by atoms with van der Waals surface area (Å²) in [5.74, 6) is 0.928. The van der Waals surface area contributed by atoms with Gasteiger partial charge in [-0.15, -0.1) is 0 Å². The van der Waals surface area contributed by atoms with Gasteiger partial charge in [0.15, 0.2) is 5.70 Å². The summed E-state index contributed by atoms with van der Waals surface area (Å²) in [6.07, 6.45) is 1.83. The first-order valence-corrected chi connectivity index (χ1v) is 11.1. The normalized spacial score (nSPS) is 17.8. The number of aryl methyl sites for hydroxylation is 1. The lowest BCUT2D eigenvalue weighted by atomic mass is 10.0. The highest BCUT2D eigenvalue weighted by molar-refractivity contribution is 6.16. The fourth-order valence-electron chi connectivity index (χ4n) is 4.57. The summed E-state index contributed by atoms with van der Waals surface area (Å²) in [7, 11) is 2.05. The second kappa shape index (κ2) is 7.78. The number of piperazine rings is 1. The van der Waals surface area contributed by atoms with E-state index in [4.69, 9.17) is 9.72 Å². The summed E-state index contributed by atoms with van der Waals surface area (Å²) in [5, 5.41) is 2.10. The maximum absolute atomic E-state index is 12.5. The first-order valence-electron chi connectivity index (χ1n) is 11.1.